The van der Waals surface area contributed by atoms with Crippen LogP contribution in [0.1, 0.15) is 113 Å². The van der Waals surface area contributed by atoms with Gasteiger partial charge in [0, 0.05) is 18.9 Å². The van der Waals surface area contributed by atoms with Crippen molar-refractivity contribution in [2.45, 2.75) is 162 Å². The van der Waals surface area contributed by atoms with Crippen LogP contribution in [0.3, 0.4) is 0 Å². The Morgan fingerprint density at radius 3 is 2.10 bits per heavy atom. The van der Waals surface area contributed by atoms with Crippen molar-refractivity contribution < 1.29 is 14.0 Å². The average Bonchev–Trinajstić information content (AvgIpc) is 3.12. The summed E-state index contributed by atoms with van der Waals surface area (Å²) >= 11 is 0. The topological polar surface area (TPSA) is 46.6 Å². The van der Waals surface area contributed by atoms with Gasteiger partial charge >= 0.3 is 0 Å². The van der Waals surface area contributed by atoms with Crippen LogP contribution in [0.5, 0.6) is 0 Å². The number of nitrogens with zero attached hydrogens (tertiary/aromatic N) is 1. The maximum atomic E-state index is 13.7. The van der Waals surface area contributed by atoms with E-state index in [-0.39, 0.29) is 20.9 Å². The van der Waals surface area contributed by atoms with E-state index in [1.54, 1.807) is 0 Å². The molecular formula is C33H61NO3Si2. The summed E-state index contributed by atoms with van der Waals surface area (Å²) in [6.07, 6.45) is 10.9. The SMILES string of the molecule is CC(C)(C)[Si](C)(C)O[C@H]1CC[C@H]2[C@@H]3[C@@H](CCC=O)C[C@H]4N([Si](C)(C)C(C)(C)C)C(=O)CC[C@]4(C)[C@H]3CC[C@]12C. The number of amides is 1. The molecule has 8 atom stereocenters. The summed E-state index contributed by atoms with van der Waals surface area (Å²) in [6.45, 7) is 29.0. The molecule has 39 heavy (non-hydrogen) atoms. The number of carbonyl (C=O) groups excluding carboxylic acids is 2. The van der Waals surface area contributed by atoms with E-state index in [0.29, 0.717) is 54.6 Å². The summed E-state index contributed by atoms with van der Waals surface area (Å²) in [4.78, 5) is 25.4. The molecule has 1 aliphatic heterocycles. The number of piperidine rings is 1. The Kier molecular flexibility index (Phi) is 8.13. The van der Waals surface area contributed by atoms with Gasteiger partial charge in [-0.3, -0.25) is 4.79 Å². The normalized spacial score (nSPS) is 39.7. The summed E-state index contributed by atoms with van der Waals surface area (Å²) in [5.74, 6) is 2.87. The number of hydrogen-bond donors (Lipinski definition) is 0. The van der Waals surface area contributed by atoms with E-state index in [2.05, 4.69) is 86.1 Å². The van der Waals surface area contributed by atoms with Gasteiger partial charge in [-0.25, -0.2) is 0 Å². The fourth-order valence-corrected chi connectivity index (χ4v) is 13.4. The van der Waals surface area contributed by atoms with Crippen LogP contribution in [0, 0.1) is 34.5 Å². The van der Waals surface area contributed by atoms with Gasteiger partial charge in [-0.15, -0.1) is 0 Å². The standard InChI is InChI=1S/C33H61NO3Si2/c1-30(2,3)38(9,10)34-26-22-23(14-13-21-35)29-24-15-16-27(37-39(11,12)31(4,5)6)33(24,8)19-17-25(29)32(26,7)20-18-28(34)36/h21,23-27,29H,13-20,22H2,1-12H3/t23-,24-,25-,26+,27-,29-,32+,33-/m0/s1. The molecule has 0 aromatic carbocycles. The second-order valence-corrected chi connectivity index (χ2v) is 27.5. The first-order chi connectivity index (χ1) is 17.7. The van der Waals surface area contributed by atoms with Gasteiger partial charge in [-0.1, -0.05) is 68.5 Å². The van der Waals surface area contributed by atoms with Crippen LogP contribution in [-0.4, -0.2) is 45.5 Å². The minimum absolute atomic E-state index is 0.126. The lowest BCUT2D eigenvalue weighted by Gasteiger charge is -2.67. The zero-order valence-corrected chi connectivity index (χ0v) is 29.6. The van der Waals surface area contributed by atoms with Crippen molar-refractivity contribution in [3.05, 3.63) is 0 Å². The average molecular weight is 576 g/mol. The van der Waals surface area contributed by atoms with Gasteiger partial charge in [0.1, 0.15) is 6.29 Å². The van der Waals surface area contributed by atoms with Crippen LogP contribution in [0.2, 0.25) is 36.3 Å². The van der Waals surface area contributed by atoms with Crippen LogP contribution in [0.4, 0.5) is 0 Å². The van der Waals surface area contributed by atoms with Gasteiger partial charge in [0.15, 0.2) is 16.6 Å². The van der Waals surface area contributed by atoms with Crippen LogP contribution >= 0.6 is 0 Å². The molecule has 1 amide bonds. The molecule has 0 aromatic rings. The third kappa shape index (κ3) is 4.98. The summed E-state index contributed by atoms with van der Waals surface area (Å²) < 4.78 is 9.70. The molecular weight excluding hydrogens is 515 g/mol. The summed E-state index contributed by atoms with van der Waals surface area (Å²) in [5.41, 5.74) is 0.397. The lowest BCUT2D eigenvalue weighted by molar-refractivity contribution is -0.164. The molecule has 3 saturated carbocycles. The van der Waals surface area contributed by atoms with Crippen molar-refractivity contribution in [2.24, 2.45) is 34.5 Å². The Labute approximate surface area is 243 Å². The van der Waals surface area contributed by atoms with E-state index < -0.39 is 16.6 Å². The molecule has 224 valence electrons. The lowest BCUT2D eigenvalue weighted by Crippen LogP contribution is -2.71. The summed E-state index contributed by atoms with van der Waals surface area (Å²) in [7, 11) is -3.90. The second-order valence-electron chi connectivity index (χ2n) is 17.6. The molecule has 4 aliphatic rings. The third-order valence-electron chi connectivity index (χ3n) is 13.7. The van der Waals surface area contributed by atoms with Crippen molar-refractivity contribution in [1.29, 1.82) is 0 Å². The van der Waals surface area contributed by atoms with Gasteiger partial charge < -0.3 is 13.8 Å². The summed E-state index contributed by atoms with van der Waals surface area (Å²) in [6, 6.07) is 0.322. The van der Waals surface area contributed by atoms with Crippen LogP contribution in [-0.2, 0) is 14.0 Å². The molecule has 0 radical (unpaired) electrons. The predicted molar refractivity (Wildman–Crippen MR) is 168 cm³/mol. The van der Waals surface area contributed by atoms with E-state index in [9.17, 15) is 9.59 Å². The Balaban J connectivity index is 1.72. The van der Waals surface area contributed by atoms with E-state index in [0.717, 1.165) is 25.5 Å². The molecule has 6 heteroatoms. The van der Waals surface area contributed by atoms with Crippen LogP contribution in [0.25, 0.3) is 0 Å². The number of carbonyl (C=O) groups is 2. The molecule has 0 unspecified atom stereocenters. The molecule has 4 rings (SSSR count). The van der Waals surface area contributed by atoms with Gasteiger partial charge in [0.05, 0.1) is 6.10 Å². The van der Waals surface area contributed by atoms with Gasteiger partial charge in [-0.05, 0) is 103 Å². The van der Waals surface area contributed by atoms with Crippen molar-refractivity contribution in [2.75, 3.05) is 0 Å². The maximum Gasteiger partial charge on any atom is 0.214 e. The van der Waals surface area contributed by atoms with Crippen molar-refractivity contribution in [1.82, 2.24) is 4.57 Å². The van der Waals surface area contributed by atoms with Crippen LogP contribution in [0.15, 0.2) is 0 Å². The van der Waals surface area contributed by atoms with Crippen molar-refractivity contribution >= 4 is 28.7 Å². The monoisotopic (exact) mass is 575 g/mol. The Hall–Kier alpha value is -0.466. The first-order valence-corrected chi connectivity index (χ1v) is 22.0. The second kappa shape index (κ2) is 10.1. The Bertz CT molecular complexity index is 950. The fourth-order valence-electron chi connectivity index (χ4n) is 9.34. The largest absolute Gasteiger partial charge is 0.413 e. The smallest absolute Gasteiger partial charge is 0.214 e. The number of aldehydes is 1. The molecule has 3 aliphatic carbocycles. The van der Waals surface area contributed by atoms with E-state index in [1.807, 2.05) is 0 Å². The third-order valence-corrected chi connectivity index (χ3v) is 23.6. The molecule has 1 saturated heterocycles. The molecule has 0 bridgehead atoms. The molecule has 0 spiro atoms. The first-order valence-electron chi connectivity index (χ1n) is 16.2. The molecule has 4 nitrogen and oxygen atoms in total. The number of hydrogen-bond acceptors (Lipinski definition) is 3. The number of fused-ring (bicyclic) bond motifs is 5. The number of rotatable bonds is 6. The Morgan fingerprint density at radius 2 is 1.54 bits per heavy atom. The minimum Gasteiger partial charge on any atom is -0.413 e. The first kappa shape index (κ1) is 31.5. The fraction of sp³-hybridized carbons (Fsp3) is 0.939. The molecule has 0 N–H and O–H groups in total. The molecule has 1 heterocycles. The zero-order valence-electron chi connectivity index (χ0n) is 27.6. The minimum atomic E-state index is -2.04. The summed E-state index contributed by atoms with van der Waals surface area (Å²) in [5, 5.41) is 0.347. The maximum absolute atomic E-state index is 13.7. The van der Waals surface area contributed by atoms with Crippen molar-refractivity contribution in [3.8, 4) is 0 Å². The van der Waals surface area contributed by atoms with Gasteiger partial charge in [0.2, 0.25) is 5.91 Å². The highest BCUT2D eigenvalue weighted by molar-refractivity contribution is 6.79. The Morgan fingerprint density at radius 1 is 0.923 bits per heavy atom. The van der Waals surface area contributed by atoms with E-state index in [1.165, 1.54) is 25.7 Å². The van der Waals surface area contributed by atoms with Crippen molar-refractivity contribution in [3.63, 3.8) is 0 Å². The van der Waals surface area contributed by atoms with E-state index in [4.69, 9.17) is 4.43 Å². The quantitative estimate of drug-likeness (QED) is 0.235. The van der Waals surface area contributed by atoms with E-state index >= 15 is 0 Å². The van der Waals surface area contributed by atoms with Gasteiger partial charge in [0.25, 0.3) is 0 Å². The van der Waals surface area contributed by atoms with Gasteiger partial charge in [-0.2, -0.15) is 0 Å². The lowest BCUT2D eigenvalue weighted by atomic mass is 9.44. The zero-order chi connectivity index (χ0) is 29.4. The highest BCUT2D eigenvalue weighted by Crippen LogP contribution is 2.68. The predicted octanol–water partition coefficient (Wildman–Crippen LogP) is 8.82. The van der Waals surface area contributed by atoms with Crippen LogP contribution < -0.4 is 0 Å². The highest BCUT2D eigenvalue weighted by atomic mass is 28.4. The molecule has 0 aromatic heterocycles. The molecule has 4 fully saturated rings. The highest BCUT2D eigenvalue weighted by Gasteiger charge is 2.66.